The first-order chi connectivity index (χ1) is 19.5. The fraction of sp³-hybridized carbons (Fsp3) is 0.179. The van der Waals surface area contributed by atoms with Crippen molar-refractivity contribution >= 4 is 45.2 Å². The Morgan fingerprint density at radius 3 is 2.48 bits per heavy atom. The number of hydrogen-bond donors (Lipinski definition) is 2. The highest BCUT2D eigenvalue weighted by Gasteiger charge is 2.26. The molecule has 4 heterocycles. The van der Waals surface area contributed by atoms with Gasteiger partial charge in [-0.25, -0.2) is 19.2 Å². The summed E-state index contributed by atoms with van der Waals surface area (Å²) in [6.45, 7) is 1.88. The molecule has 0 aliphatic carbocycles. The quantitative estimate of drug-likeness (QED) is 0.310. The molecule has 2 amide bonds. The lowest BCUT2D eigenvalue weighted by Crippen LogP contribution is -2.48. The van der Waals surface area contributed by atoms with E-state index in [-0.39, 0.29) is 11.4 Å². The van der Waals surface area contributed by atoms with E-state index in [1.807, 2.05) is 41.3 Å². The van der Waals surface area contributed by atoms with E-state index in [2.05, 4.69) is 20.4 Å². The number of piperazine rings is 1. The number of benzene rings is 2. The third-order valence-corrected chi connectivity index (χ3v) is 7.55. The Balaban J connectivity index is 1.29. The van der Waals surface area contributed by atoms with E-state index in [1.54, 1.807) is 42.2 Å². The van der Waals surface area contributed by atoms with Gasteiger partial charge in [-0.05, 0) is 17.7 Å². The molecule has 1 unspecified atom stereocenters. The molecule has 202 valence electrons. The summed E-state index contributed by atoms with van der Waals surface area (Å²) in [5, 5.41) is 19.3. The molecule has 1 saturated heterocycles. The highest BCUT2D eigenvalue weighted by Crippen LogP contribution is 2.31. The Labute approximate surface area is 232 Å². The minimum atomic E-state index is -0.925. The second kappa shape index (κ2) is 10.7. The van der Waals surface area contributed by atoms with E-state index in [4.69, 9.17) is 5.11 Å². The highest BCUT2D eigenvalue weighted by atomic mass is 32.1. The minimum Gasteiger partial charge on any atom is -0.465 e. The summed E-state index contributed by atoms with van der Waals surface area (Å²) in [4.78, 5) is 36.5. The first-order valence-corrected chi connectivity index (χ1v) is 13.5. The molecule has 1 aliphatic rings. The maximum absolute atomic E-state index is 15.8. The number of carbonyl (C=O) groups excluding carboxylic acids is 1. The van der Waals surface area contributed by atoms with E-state index in [9.17, 15) is 9.59 Å². The summed E-state index contributed by atoms with van der Waals surface area (Å²) in [6.07, 6.45) is 3.96. The van der Waals surface area contributed by atoms with Crippen LogP contribution in [-0.2, 0) is 4.79 Å². The number of fused-ring (bicyclic) bond motifs is 1. The number of anilines is 2. The van der Waals surface area contributed by atoms with Gasteiger partial charge in [-0.3, -0.25) is 14.8 Å². The number of nitrogens with one attached hydrogen (secondary N) is 1. The molecule has 12 heteroatoms. The predicted octanol–water partition coefficient (Wildman–Crippen LogP) is 4.72. The zero-order valence-electron chi connectivity index (χ0n) is 21.1. The van der Waals surface area contributed by atoms with Crippen LogP contribution < -0.4 is 10.2 Å². The standard InChI is InChI=1S/C28H24FN7O3S/c29-23-21(19-7-9-22(31-16-19)34-11-13-35(14-12-34)28(38)39)8-6-20-17-36(33-24(20)23)25(18-4-2-1-3-5-18)26(37)32-27-30-10-15-40-27/h1-10,15-17,25H,11-14H2,(H,38,39)(H,30,32,37). The molecule has 0 saturated carbocycles. The molecule has 0 radical (unpaired) electrons. The molecule has 0 bridgehead atoms. The Morgan fingerprint density at radius 1 is 1.00 bits per heavy atom. The van der Waals surface area contributed by atoms with Crippen molar-refractivity contribution in [2.24, 2.45) is 0 Å². The Hall–Kier alpha value is -4.84. The van der Waals surface area contributed by atoms with Crippen LogP contribution in [0.15, 0.2) is 78.6 Å². The second-order valence-corrected chi connectivity index (χ2v) is 10.2. The van der Waals surface area contributed by atoms with Crippen molar-refractivity contribution in [2.45, 2.75) is 6.04 Å². The van der Waals surface area contributed by atoms with Gasteiger partial charge in [-0.2, -0.15) is 5.10 Å². The van der Waals surface area contributed by atoms with Gasteiger partial charge >= 0.3 is 6.09 Å². The smallest absolute Gasteiger partial charge is 0.407 e. The second-order valence-electron chi connectivity index (χ2n) is 9.28. The summed E-state index contributed by atoms with van der Waals surface area (Å²) in [7, 11) is 0. The lowest BCUT2D eigenvalue weighted by molar-refractivity contribution is -0.118. The van der Waals surface area contributed by atoms with Gasteiger partial charge in [-0.15, -0.1) is 11.3 Å². The van der Waals surface area contributed by atoms with E-state index in [0.29, 0.717) is 59.2 Å². The molecule has 40 heavy (non-hydrogen) atoms. The molecular formula is C28H24FN7O3S. The van der Waals surface area contributed by atoms with Gasteiger partial charge in [0.25, 0.3) is 5.91 Å². The number of rotatable bonds is 6. The largest absolute Gasteiger partial charge is 0.465 e. The number of pyridine rings is 1. The van der Waals surface area contributed by atoms with Crippen molar-refractivity contribution in [3.05, 3.63) is 89.9 Å². The van der Waals surface area contributed by atoms with Gasteiger partial charge in [0.2, 0.25) is 0 Å². The van der Waals surface area contributed by atoms with Crippen LogP contribution in [0.1, 0.15) is 11.6 Å². The average molecular weight is 558 g/mol. The van der Waals surface area contributed by atoms with Crippen molar-refractivity contribution < 1.29 is 19.1 Å². The monoisotopic (exact) mass is 557 g/mol. The molecule has 1 aliphatic heterocycles. The average Bonchev–Trinajstić information content (AvgIpc) is 3.65. The summed E-state index contributed by atoms with van der Waals surface area (Å²) in [5.74, 6) is -0.136. The zero-order chi connectivity index (χ0) is 27.6. The maximum atomic E-state index is 15.8. The number of carboxylic acid groups (broad SMARTS) is 1. The summed E-state index contributed by atoms with van der Waals surface area (Å²) >= 11 is 1.31. The zero-order valence-corrected chi connectivity index (χ0v) is 22.0. The fourth-order valence-corrected chi connectivity index (χ4v) is 5.34. The molecule has 1 fully saturated rings. The highest BCUT2D eigenvalue weighted by molar-refractivity contribution is 7.13. The van der Waals surface area contributed by atoms with E-state index in [0.717, 1.165) is 0 Å². The molecule has 2 aromatic carbocycles. The number of thiazole rings is 1. The molecule has 3 aromatic heterocycles. The third-order valence-electron chi connectivity index (χ3n) is 6.86. The Morgan fingerprint density at radius 2 is 1.80 bits per heavy atom. The molecule has 0 spiro atoms. The van der Waals surface area contributed by atoms with Crippen molar-refractivity contribution in [1.82, 2.24) is 24.6 Å². The predicted molar refractivity (Wildman–Crippen MR) is 150 cm³/mol. The molecule has 10 nitrogen and oxygen atoms in total. The maximum Gasteiger partial charge on any atom is 0.407 e. The lowest BCUT2D eigenvalue weighted by Gasteiger charge is -2.33. The third kappa shape index (κ3) is 4.96. The van der Waals surface area contributed by atoms with Crippen molar-refractivity contribution in [3.8, 4) is 11.1 Å². The normalized spacial score (nSPS) is 14.3. The SMILES string of the molecule is O=C(Nc1nccs1)C(c1ccccc1)n1cc2ccc(-c3ccc(N4CCN(C(=O)O)CC4)nc3)c(F)c2n1. The van der Waals surface area contributed by atoms with Crippen LogP contribution in [0.5, 0.6) is 0 Å². The number of amides is 2. The van der Waals surface area contributed by atoms with Crippen molar-refractivity contribution in [1.29, 1.82) is 0 Å². The molecular weight excluding hydrogens is 533 g/mol. The Kier molecular flexibility index (Phi) is 6.83. The lowest BCUT2D eigenvalue weighted by atomic mass is 10.1. The van der Waals surface area contributed by atoms with Crippen LogP contribution >= 0.6 is 11.3 Å². The van der Waals surface area contributed by atoms with Gasteiger partial charge in [0.1, 0.15) is 11.3 Å². The fourth-order valence-electron chi connectivity index (χ4n) is 4.81. The molecule has 6 rings (SSSR count). The topological polar surface area (TPSA) is 116 Å². The number of aromatic nitrogens is 4. The number of nitrogens with zero attached hydrogens (tertiary/aromatic N) is 6. The van der Waals surface area contributed by atoms with E-state index < -0.39 is 18.0 Å². The van der Waals surface area contributed by atoms with Gasteiger partial charge in [0, 0.05) is 66.7 Å². The van der Waals surface area contributed by atoms with E-state index >= 15 is 4.39 Å². The number of halogens is 1. The summed E-state index contributed by atoms with van der Waals surface area (Å²) in [5.41, 5.74) is 1.78. The van der Waals surface area contributed by atoms with Crippen LogP contribution in [-0.4, -0.2) is 67.9 Å². The van der Waals surface area contributed by atoms with Gasteiger partial charge in [0.05, 0.1) is 0 Å². The Bertz CT molecular complexity index is 1650. The van der Waals surface area contributed by atoms with Crippen LogP contribution in [0, 0.1) is 5.82 Å². The van der Waals surface area contributed by atoms with Crippen LogP contribution in [0.3, 0.4) is 0 Å². The van der Waals surface area contributed by atoms with Gasteiger partial charge in [-0.1, -0.05) is 42.5 Å². The summed E-state index contributed by atoms with van der Waals surface area (Å²) < 4.78 is 17.3. The first-order valence-electron chi connectivity index (χ1n) is 12.6. The number of hydrogen-bond acceptors (Lipinski definition) is 7. The van der Waals surface area contributed by atoms with Crippen molar-refractivity contribution in [2.75, 3.05) is 36.4 Å². The first kappa shape index (κ1) is 25.4. The van der Waals surface area contributed by atoms with Crippen LogP contribution in [0.4, 0.5) is 20.1 Å². The summed E-state index contributed by atoms with van der Waals surface area (Å²) in [6, 6.07) is 15.4. The van der Waals surface area contributed by atoms with Gasteiger partial charge in [0.15, 0.2) is 17.0 Å². The minimum absolute atomic E-state index is 0.148. The molecule has 2 N–H and O–H groups in total. The molecule has 1 atom stereocenters. The number of carbonyl (C=O) groups is 2. The van der Waals surface area contributed by atoms with E-state index in [1.165, 1.54) is 20.9 Å². The molecule has 5 aromatic rings. The van der Waals surface area contributed by atoms with Crippen LogP contribution in [0.25, 0.3) is 22.0 Å². The van der Waals surface area contributed by atoms with Crippen LogP contribution in [0.2, 0.25) is 0 Å². The van der Waals surface area contributed by atoms with Gasteiger partial charge < -0.3 is 14.9 Å². The van der Waals surface area contributed by atoms with Crippen molar-refractivity contribution in [3.63, 3.8) is 0 Å².